The van der Waals surface area contributed by atoms with Crippen LogP contribution in [0.2, 0.25) is 0 Å². The van der Waals surface area contributed by atoms with Gasteiger partial charge in [0.05, 0.1) is 16.7 Å². The van der Waals surface area contributed by atoms with Crippen LogP contribution in [0.15, 0.2) is 97.1 Å². The predicted molar refractivity (Wildman–Crippen MR) is 254 cm³/mol. The number of amides is 1. The normalized spacial score (nSPS) is 15.3. The number of rotatable bonds is 9. The summed E-state index contributed by atoms with van der Waals surface area (Å²) in [5, 5.41) is 11.9. The Bertz CT molecular complexity index is 2180. The molecule has 1 amide bonds. The minimum absolute atomic E-state index is 0.0330. The second-order valence-electron chi connectivity index (χ2n) is 20.0. The van der Waals surface area contributed by atoms with Gasteiger partial charge in [-0.3, -0.25) is 4.79 Å². The Balaban J connectivity index is 0.000000230. The van der Waals surface area contributed by atoms with Crippen molar-refractivity contribution in [2.75, 3.05) is 13.1 Å². The zero-order valence-corrected chi connectivity index (χ0v) is 38.6. The molecule has 4 aromatic rings. The first-order chi connectivity index (χ1) is 29.9. The van der Waals surface area contributed by atoms with Crippen LogP contribution < -0.4 is 11.1 Å². The van der Waals surface area contributed by atoms with Crippen molar-refractivity contribution in [1.29, 1.82) is 0 Å². The summed E-state index contributed by atoms with van der Waals surface area (Å²) in [6.07, 6.45) is 18.2. The van der Waals surface area contributed by atoms with Crippen molar-refractivity contribution >= 4 is 11.9 Å². The highest BCUT2D eigenvalue weighted by Crippen LogP contribution is 2.43. The molecule has 0 unspecified atom stereocenters. The number of carbonyl (C=O) groups is 2. The first kappa shape index (κ1) is 50.4. The van der Waals surface area contributed by atoms with Crippen LogP contribution in [-0.4, -0.2) is 30.1 Å². The number of hydrogen-bond acceptors (Lipinski definition) is 3. The molecule has 0 aromatic heterocycles. The van der Waals surface area contributed by atoms with Crippen molar-refractivity contribution in [2.24, 2.45) is 27.4 Å². The molecule has 2 aliphatic rings. The molecule has 0 aliphatic heterocycles. The van der Waals surface area contributed by atoms with E-state index in [2.05, 4.69) is 70.5 Å². The van der Waals surface area contributed by atoms with E-state index < -0.39 is 5.97 Å². The Morgan fingerprint density at radius 3 is 1.38 bits per heavy atom. The molecule has 4 N–H and O–H groups in total. The summed E-state index contributed by atoms with van der Waals surface area (Å²) in [6.45, 7) is 15.5. The fraction of sp³-hybridized carbons (Fsp3) is 0.464. The largest absolute Gasteiger partial charge is 0.478 e. The monoisotopic (exact) mass is 857 g/mol. The highest BCUT2D eigenvalue weighted by molar-refractivity contribution is 5.94. The smallest absolute Gasteiger partial charge is 0.335 e. The van der Waals surface area contributed by atoms with Gasteiger partial charge in [0.2, 0.25) is 0 Å². The fourth-order valence-corrected chi connectivity index (χ4v) is 8.13. The van der Waals surface area contributed by atoms with Gasteiger partial charge in [-0.25, -0.2) is 13.6 Å². The molecule has 5 nitrogen and oxygen atoms in total. The summed E-state index contributed by atoms with van der Waals surface area (Å²) < 4.78 is 27.0. The average Bonchev–Trinajstić information content (AvgIpc) is 3.27. The number of hydrogen-bond donors (Lipinski definition) is 3. The van der Waals surface area contributed by atoms with E-state index in [1.807, 2.05) is 12.1 Å². The summed E-state index contributed by atoms with van der Waals surface area (Å²) in [4.78, 5) is 23.4. The molecule has 63 heavy (non-hydrogen) atoms. The van der Waals surface area contributed by atoms with Crippen LogP contribution in [0.1, 0.15) is 174 Å². The van der Waals surface area contributed by atoms with E-state index in [-0.39, 0.29) is 28.5 Å². The van der Waals surface area contributed by atoms with E-state index >= 15 is 0 Å². The zero-order chi connectivity index (χ0) is 45.9. The Kier molecular flexibility index (Phi) is 19.2. The number of carboxylic acid groups (broad SMARTS) is 1. The lowest BCUT2D eigenvalue weighted by molar-refractivity contribution is 0.0696. The zero-order valence-electron chi connectivity index (χ0n) is 38.6. The van der Waals surface area contributed by atoms with Crippen molar-refractivity contribution < 1.29 is 23.5 Å². The van der Waals surface area contributed by atoms with Crippen LogP contribution in [0, 0.1) is 57.0 Å². The van der Waals surface area contributed by atoms with E-state index in [1.54, 1.807) is 60.7 Å². The average molecular weight is 857 g/mol. The molecule has 7 heteroatoms. The second-order valence-corrected chi connectivity index (χ2v) is 20.0. The molecule has 0 spiro atoms. The van der Waals surface area contributed by atoms with Gasteiger partial charge in [-0.15, -0.1) is 0 Å². The number of benzene rings is 4. The molecular weight excluding hydrogens is 787 g/mol. The van der Waals surface area contributed by atoms with E-state index in [9.17, 15) is 18.4 Å². The molecule has 0 saturated heterocycles. The van der Waals surface area contributed by atoms with Crippen LogP contribution in [-0.2, 0) is 0 Å². The molecule has 2 fully saturated rings. The van der Waals surface area contributed by atoms with Crippen LogP contribution in [0.3, 0.4) is 0 Å². The number of nitrogens with two attached hydrogens (primary N) is 1. The van der Waals surface area contributed by atoms with Gasteiger partial charge in [0, 0.05) is 23.2 Å². The van der Waals surface area contributed by atoms with Gasteiger partial charge in [-0.1, -0.05) is 128 Å². The molecule has 6 rings (SSSR count). The Hall–Kier alpha value is -5.24. The molecule has 0 heterocycles. The number of nitrogens with one attached hydrogen (secondary N) is 1. The SMILES string of the molecule is CC(C)(C)CCC1(CN)CCCCC1.CC(C)(C)CCC1(CNC(=O)c2ccc(C#Cc3ccccc3F)cc2)CCCCC1.O=C(O)c1ccc(C#Cc2ccccc2F)cc1. The van der Waals surface area contributed by atoms with Crippen molar-refractivity contribution in [3.8, 4) is 23.7 Å². The molecule has 0 bridgehead atoms. The quantitative estimate of drug-likeness (QED) is 0.146. The summed E-state index contributed by atoms with van der Waals surface area (Å²) >= 11 is 0. The lowest BCUT2D eigenvalue weighted by Crippen LogP contribution is -2.39. The minimum atomic E-state index is -0.983. The number of aromatic carboxylic acids is 1. The summed E-state index contributed by atoms with van der Waals surface area (Å²) in [7, 11) is 0. The van der Waals surface area contributed by atoms with Crippen molar-refractivity contribution in [2.45, 2.75) is 131 Å². The molecule has 2 saturated carbocycles. The number of halogens is 2. The fourth-order valence-electron chi connectivity index (χ4n) is 8.13. The van der Waals surface area contributed by atoms with Gasteiger partial charge in [-0.2, -0.15) is 0 Å². The Morgan fingerprint density at radius 1 is 0.587 bits per heavy atom. The van der Waals surface area contributed by atoms with Crippen molar-refractivity contribution in [3.63, 3.8) is 0 Å². The van der Waals surface area contributed by atoms with Gasteiger partial charge in [0.15, 0.2) is 0 Å². The Morgan fingerprint density at radius 2 is 0.984 bits per heavy atom. The lowest BCUT2D eigenvalue weighted by atomic mass is 9.68. The van der Waals surface area contributed by atoms with Gasteiger partial charge in [-0.05, 0) is 152 Å². The standard InChI is InChI=1S/C28H34FNO.C15H9FO2.C13H27N/c1-27(2,3)19-20-28(17-7-4-8-18-28)21-30-26(31)24-15-12-22(13-16-24)11-14-23-9-5-6-10-25(23)29;16-14-4-2-1-3-12(14)8-5-11-6-9-13(10-7-11)15(17)18;1-12(2,3)9-10-13(11-14)7-5-4-6-8-13/h5-6,9-10,12-13,15-16H,4,7-8,17-21H2,1-3H3,(H,30,31);1-4,6-7,9-10H,(H,17,18);4-11,14H2,1-3H3. The van der Waals surface area contributed by atoms with Gasteiger partial charge in [0.1, 0.15) is 11.6 Å². The third-order valence-corrected chi connectivity index (χ3v) is 12.4. The third-order valence-electron chi connectivity index (χ3n) is 12.4. The van der Waals surface area contributed by atoms with E-state index in [4.69, 9.17) is 10.8 Å². The second kappa shape index (κ2) is 24.0. The van der Waals surface area contributed by atoms with Crippen LogP contribution in [0.5, 0.6) is 0 Å². The lowest BCUT2D eigenvalue weighted by Gasteiger charge is -2.39. The molecule has 336 valence electrons. The molecule has 4 aromatic carbocycles. The van der Waals surface area contributed by atoms with Crippen LogP contribution in [0.25, 0.3) is 0 Å². The minimum Gasteiger partial charge on any atom is -0.478 e. The highest BCUT2D eigenvalue weighted by atomic mass is 19.1. The maximum absolute atomic E-state index is 13.7. The molecule has 2 aliphatic carbocycles. The highest BCUT2D eigenvalue weighted by Gasteiger charge is 2.34. The molecule has 0 atom stereocenters. The van der Waals surface area contributed by atoms with E-state index in [0.29, 0.717) is 38.5 Å². The van der Waals surface area contributed by atoms with Gasteiger partial charge in [0.25, 0.3) is 5.91 Å². The van der Waals surface area contributed by atoms with Gasteiger partial charge < -0.3 is 16.2 Å². The van der Waals surface area contributed by atoms with E-state index in [0.717, 1.165) is 18.7 Å². The third kappa shape index (κ3) is 17.8. The van der Waals surface area contributed by atoms with Crippen LogP contribution in [0.4, 0.5) is 8.78 Å². The topological polar surface area (TPSA) is 92.4 Å². The Labute approximate surface area is 377 Å². The van der Waals surface area contributed by atoms with Gasteiger partial charge >= 0.3 is 5.97 Å². The van der Waals surface area contributed by atoms with Crippen molar-refractivity contribution in [3.05, 3.63) is 142 Å². The molecular formula is C56H70F2N2O3. The first-order valence-corrected chi connectivity index (χ1v) is 22.9. The van der Waals surface area contributed by atoms with E-state index in [1.165, 1.54) is 114 Å². The summed E-state index contributed by atoms with van der Waals surface area (Å²) in [5.41, 5.74) is 10.4. The van der Waals surface area contributed by atoms with Crippen LogP contribution >= 0.6 is 0 Å². The van der Waals surface area contributed by atoms with Crippen molar-refractivity contribution in [1.82, 2.24) is 5.32 Å². The number of carboxylic acids is 1. The first-order valence-electron chi connectivity index (χ1n) is 22.9. The summed E-state index contributed by atoms with van der Waals surface area (Å²) in [5.74, 6) is 9.60. The number of carbonyl (C=O) groups excluding carboxylic acids is 1. The maximum atomic E-state index is 13.7. The summed E-state index contributed by atoms with van der Waals surface area (Å²) in [6, 6.07) is 26.1. The molecule has 0 radical (unpaired) electrons. The predicted octanol–water partition coefficient (Wildman–Crippen LogP) is 13.4. The maximum Gasteiger partial charge on any atom is 0.335 e.